The van der Waals surface area contributed by atoms with Gasteiger partial charge in [-0.05, 0) is 6.42 Å². The zero-order valence-electron chi connectivity index (χ0n) is 12.9. The highest BCUT2D eigenvalue weighted by molar-refractivity contribution is 8.00. The fourth-order valence-corrected chi connectivity index (χ4v) is 3.92. The molecule has 2 N–H and O–H groups in total. The molecule has 0 unspecified atom stereocenters. The lowest BCUT2D eigenvalue weighted by Crippen LogP contribution is -2.36. The number of hydrogen-bond donors (Lipinski definition) is 2. The molecule has 1 rings (SSSR count). The van der Waals surface area contributed by atoms with Crippen LogP contribution in [0.25, 0.3) is 0 Å². The van der Waals surface area contributed by atoms with Crippen LogP contribution < -0.4 is 5.32 Å². The molecule has 0 aliphatic carbocycles. The molecule has 3 nitrogen and oxygen atoms in total. The summed E-state index contributed by atoms with van der Waals surface area (Å²) in [5, 5.41) is 12.5. The summed E-state index contributed by atoms with van der Waals surface area (Å²) in [6.45, 7) is 2.26. The lowest BCUT2D eigenvalue weighted by Gasteiger charge is -2.10. The van der Waals surface area contributed by atoms with E-state index in [0.717, 1.165) is 12.2 Å². The number of thioether (sulfide) groups is 1. The van der Waals surface area contributed by atoms with E-state index in [1.165, 1.54) is 64.2 Å². The van der Waals surface area contributed by atoms with Gasteiger partial charge in [-0.1, -0.05) is 71.1 Å². The maximum absolute atomic E-state index is 10.8. The van der Waals surface area contributed by atoms with Crippen molar-refractivity contribution in [3.05, 3.63) is 0 Å². The summed E-state index contributed by atoms with van der Waals surface area (Å²) in [4.78, 5) is 10.8. The molecule has 0 aromatic heterocycles. The van der Waals surface area contributed by atoms with E-state index in [0.29, 0.717) is 5.37 Å². The van der Waals surface area contributed by atoms with Crippen molar-refractivity contribution >= 4 is 17.7 Å². The molecular weight excluding hydrogens is 270 g/mol. The van der Waals surface area contributed by atoms with Crippen LogP contribution in [0.1, 0.15) is 77.6 Å². The summed E-state index contributed by atoms with van der Waals surface area (Å²) in [6, 6.07) is -0.326. The first kappa shape index (κ1) is 17.8. The van der Waals surface area contributed by atoms with Crippen molar-refractivity contribution in [2.75, 3.05) is 5.75 Å². The Labute approximate surface area is 128 Å². The summed E-state index contributed by atoms with van der Waals surface area (Å²) in [5.41, 5.74) is 0. The van der Waals surface area contributed by atoms with E-state index in [1.807, 2.05) is 0 Å². The summed E-state index contributed by atoms with van der Waals surface area (Å²) in [7, 11) is 0. The Balaban J connectivity index is 1.82. The molecule has 0 aromatic carbocycles. The maximum Gasteiger partial charge on any atom is 0.321 e. The average molecular weight is 301 g/mol. The number of hydrogen-bond acceptors (Lipinski definition) is 3. The third-order valence-electron chi connectivity index (χ3n) is 3.97. The van der Waals surface area contributed by atoms with Crippen LogP contribution in [-0.2, 0) is 4.79 Å². The first-order valence-electron chi connectivity index (χ1n) is 8.34. The van der Waals surface area contributed by atoms with Crippen LogP contribution in [-0.4, -0.2) is 28.2 Å². The summed E-state index contributed by atoms with van der Waals surface area (Å²) < 4.78 is 0. The predicted molar refractivity (Wildman–Crippen MR) is 87.3 cm³/mol. The van der Waals surface area contributed by atoms with E-state index in [2.05, 4.69) is 12.2 Å². The minimum atomic E-state index is -0.705. The highest BCUT2D eigenvalue weighted by Gasteiger charge is 2.28. The van der Waals surface area contributed by atoms with Crippen LogP contribution in [0, 0.1) is 0 Å². The van der Waals surface area contributed by atoms with Gasteiger partial charge in [0.2, 0.25) is 0 Å². The molecule has 1 aliphatic rings. The van der Waals surface area contributed by atoms with Gasteiger partial charge in [0.05, 0.1) is 5.37 Å². The van der Waals surface area contributed by atoms with Gasteiger partial charge in [0.15, 0.2) is 0 Å². The number of unbranched alkanes of at least 4 members (excludes halogenated alkanes) is 9. The Hall–Kier alpha value is -0.220. The summed E-state index contributed by atoms with van der Waals surface area (Å²) >= 11 is 1.77. The molecule has 2 atom stereocenters. The lowest BCUT2D eigenvalue weighted by atomic mass is 10.1. The van der Waals surface area contributed by atoms with Crippen LogP contribution in [0.15, 0.2) is 0 Å². The first-order valence-corrected chi connectivity index (χ1v) is 9.39. The third-order valence-corrected chi connectivity index (χ3v) is 5.27. The zero-order valence-corrected chi connectivity index (χ0v) is 13.7. The molecule has 1 heterocycles. The topological polar surface area (TPSA) is 49.3 Å². The Morgan fingerprint density at radius 3 is 2.10 bits per heavy atom. The molecule has 0 spiro atoms. The SMILES string of the molecule is CCCCCCCCCCCC[C@@H]1N[C@H](C(=O)O)CS1. The molecule has 0 bridgehead atoms. The van der Waals surface area contributed by atoms with Gasteiger partial charge in [0.1, 0.15) is 6.04 Å². The Morgan fingerprint density at radius 2 is 1.60 bits per heavy atom. The van der Waals surface area contributed by atoms with Crippen molar-refractivity contribution in [2.45, 2.75) is 89.0 Å². The summed E-state index contributed by atoms with van der Waals surface area (Å²) in [6.07, 6.45) is 14.7. The van der Waals surface area contributed by atoms with Gasteiger partial charge in [-0.15, -0.1) is 11.8 Å². The number of nitrogens with one attached hydrogen (secondary N) is 1. The molecule has 0 amide bonds. The molecule has 0 saturated carbocycles. The minimum absolute atomic E-state index is 0.326. The van der Waals surface area contributed by atoms with Crippen molar-refractivity contribution < 1.29 is 9.90 Å². The monoisotopic (exact) mass is 301 g/mol. The minimum Gasteiger partial charge on any atom is -0.480 e. The van der Waals surface area contributed by atoms with Crippen molar-refractivity contribution in [1.29, 1.82) is 0 Å². The zero-order chi connectivity index (χ0) is 14.6. The van der Waals surface area contributed by atoms with E-state index in [4.69, 9.17) is 5.11 Å². The standard InChI is InChI=1S/C16H31NO2S/c1-2-3-4-5-6-7-8-9-10-11-12-15-17-14(13-20-15)16(18)19/h14-15,17H,2-13H2,1H3,(H,18,19)/t14-,15+/m0/s1. The molecular formula is C16H31NO2S. The lowest BCUT2D eigenvalue weighted by molar-refractivity contribution is -0.138. The highest BCUT2D eigenvalue weighted by Crippen LogP contribution is 2.23. The maximum atomic E-state index is 10.8. The molecule has 1 saturated heterocycles. The van der Waals surface area contributed by atoms with E-state index in [1.54, 1.807) is 11.8 Å². The second kappa shape index (κ2) is 11.4. The Morgan fingerprint density at radius 1 is 1.05 bits per heavy atom. The normalized spacial score (nSPS) is 22.2. The van der Waals surface area contributed by atoms with Crippen molar-refractivity contribution in [2.24, 2.45) is 0 Å². The van der Waals surface area contributed by atoms with E-state index < -0.39 is 5.97 Å². The Kier molecular flexibility index (Phi) is 10.2. The molecule has 0 aromatic rings. The van der Waals surface area contributed by atoms with Crippen LogP contribution >= 0.6 is 11.8 Å². The number of carbonyl (C=O) groups is 1. The van der Waals surface area contributed by atoms with E-state index >= 15 is 0 Å². The van der Waals surface area contributed by atoms with Crippen LogP contribution in [0.3, 0.4) is 0 Å². The highest BCUT2D eigenvalue weighted by atomic mass is 32.2. The van der Waals surface area contributed by atoms with Gasteiger partial charge >= 0.3 is 5.97 Å². The smallest absolute Gasteiger partial charge is 0.321 e. The molecule has 20 heavy (non-hydrogen) atoms. The van der Waals surface area contributed by atoms with Crippen LogP contribution in [0.2, 0.25) is 0 Å². The van der Waals surface area contributed by atoms with Gasteiger partial charge < -0.3 is 5.11 Å². The summed E-state index contributed by atoms with van der Waals surface area (Å²) in [5.74, 6) is 0.0145. The van der Waals surface area contributed by atoms with Gasteiger partial charge in [-0.3, -0.25) is 10.1 Å². The second-order valence-electron chi connectivity index (χ2n) is 5.85. The van der Waals surface area contributed by atoms with E-state index in [9.17, 15) is 4.79 Å². The van der Waals surface area contributed by atoms with Crippen LogP contribution in [0.4, 0.5) is 0 Å². The predicted octanol–water partition coefficient (Wildman–Crippen LogP) is 4.41. The largest absolute Gasteiger partial charge is 0.480 e. The van der Waals surface area contributed by atoms with Crippen molar-refractivity contribution in [3.8, 4) is 0 Å². The van der Waals surface area contributed by atoms with Gasteiger partial charge in [0, 0.05) is 5.75 Å². The van der Waals surface area contributed by atoms with E-state index in [-0.39, 0.29) is 6.04 Å². The van der Waals surface area contributed by atoms with Gasteiger partial charge in [-0.25, -0.2) is 0 Å². The molecule has 118 valence electrons. The van der Waals surface area contributed by atoms with Crippen LogP contribution in [0.5, 0.6) is 0 Å². The molecule has 0 radical (unpaired) electrons. The molecule has 4 heteroatoms. The Bertz CT molecular complexity index is 261. The number of carboxylic acid groups (broad SMARTS) is 1. The van der Waals surface area contributed by atoms with Gasteiger partial charge in [-0.2, -0.15) is 0 Å². The quantitative estimate of drug-likeness (QED) is 0.524. The van der Waals surface area contributed by atoms with Crippen molar-refractivity contribution in [3.63, 3.8) is 0 Å². The number of rotatable bonds is 12. The first-order chi connectivity index (χ1) is 9.74. The number of carboxylic acids is 1. The molecule has 1 fully saturated rings. The number of aliphatic carboxylic acids is 1. The van der Waals surface area contributed by atoms with Gasteiger partial charge in [0.25, 0.3) is 0 Å². The third kappa shape index (κ3) is 8.15. The fourth-order valence-electron chi connectivity index (χ4n) is 2.66. The second-order valence-corrected chi connectivity index (χ2v) is 7.09. The van der Waals surface area contributed by atoms with Crippen molar-refractivity contribution in [1.82, 2.24) is 5.32 Å². The molecule has 1 aliphatic heterocycles. The fraction of sp³-hybridized carbons (Fsp3) is 0.938. The average Bonchev–Trinajstić information content (AvgIpc) is 2.90.